The molecule has 1 aliphatic heterocycles. The summed E-state index contributed by atoms with van der Waals surface area (Å²) >= 11 is 0. The Kier molecular flexibility index (Phi) is 5.96. The minimum atomic E-state index is -1.33. The molecule has 1 unspecified atom stereocenters. The second kappa shape index (κ2) is 8.44. The largest absolute Gasteiger partial charge is 0.326 e. The van der Waals surface area contributed by atoms with Crippen molar-refractivity contribution in [2.24, 2.45) is 0 Å². The van der Waals surface area contributed by atoms with Crippen LogP contribution in [0.4, 0.5) is 14.9 Å². The molecule has 1 fully saturated rings. The van der Waals surface area contributed by atoms with Gasteiger partial charge in [-0.05, 0) is 48.4 Å². The Morgan fingerprint density at radius 1 is 1.03 bits per heavy atom. The highest BCUT2D eigenvalue weighted by Crippen LogP contribution is 2.32. The summed E-state index contributed by atoms with van der Waals surface area (Å²) in [4.78, 5) is 50.5. The van der Waals surface area contributed by atoms with Gasteiger partial charge in [-0.15, -0.1) is 0 Å². The number of benzene rings is 2. The van der Waals surface area contributed by atoms with Gasteiger partial charge in [-0.1, -0.05) is 26.0 Å². The van der Waals surface area contributed by atoms with Crippen LogP contribution in [0.25, 0.3) is 0 Å². The van der Waals surface area contributed by atoms with Crippen molar-refractivity contribution in [3.8, 4) is 0 Å². The number of ketones is 1. The molecule has 8 heteroatoms. The van der Waals surface area contributed by atoms with Crippen molar-refractivity contribution in [1.82, 2.24) is 10.2 Å². The van der Waals surface area contributed by atoms with Crippen LogP contribution in [0.5, 0.6) is 0 Å². The summed E-state index contributed by atoms with van der Waals surface area (Å²) < 4.78 is 13.3. The van der Waals surface area contributed by atoms with Gasteiger partial charge in [0.1, 0.15) is 11.4 Å². The van der Waals surface area contributed by atoms with Gasteiger partial charge in [0.25, 0.3) is 5.91 Å². The number of imide groups is 1. The molecule has 0 radical (unpaired) electrons. The summed E-state index contributed by atoms with van der Waals surface area (Å²) in [6.07, 6.45) is 0.583. The maximum atomic E-state index is 13.3. The van der Waals surface area contributed by atoms with Crippen LogP contribution in [0.3, 0.4) is 0 Å². The summed E-state index contributed by atoms with van der Waals surface area (Å²) in [5.41, 5.74) is -0.0226. The van der Waals surface area contributed by atoms with Crippen LogP contribution in [0.1, 0.15) is 42.6 Å². The van der Waals surface area contributed by atoms with E-state index in [0.717, 1.165) is 4.90 Å². The lowest BCUT2D eigenvalue weighted by molar-refractivity contribution is -0.131. The summed E-state index contributed by atoms with van der Waals surface area (Å²) in [7, 11) is 0. The zero-order valence-electron chi connectivity index (χ0n) is 16.7. The lowest BCUT2D eigenvalue weighted by Gasteiger charge is -2.25. The van der Waals surface area contributed by atoms with Gasteiger partial charge in [-0.2, -0.15) is 0 Å². The minimum absolute atomic E-state index is 0.148. The molecule has 1 heterocycles. The minimum Gasteiger partial charge on any atom is -0.326 e. The van der Waals surface area contributed by atoms with Crippen LogP contribution >= 0.6 is 0 Å². The third-order valence-electron chi connectivity index (χ3n) is 5.16. The molecule has 156 valence electrons. The van der Waals surface area contributed by atoms with E-state index in [4.69, 9.17) is 0 Å². The fourth-order valence-electron chi connectivity index (χ4n) is 3.37. The van der Waals surface area contributed by atoms with E-state index in [-0.39, 0.29) is 12.3 Å². The molecule has 0 saturated carbocycles. The van der Waals surface area contributed by atoms with Crippen molar-refractivity contribution in [2.75, 3.05) is 11.9 Å². The Morgan fingerprint density at radius 3 is 2.23 bits per heavy atom. The van der Waals surface area contributed by atoms with E-state index >= 15 is 0 Å². The molecule has 2 N–H and O–H groups in total. The molecule has 4 amide bonds. The Hall–Kier alpha value is -3.55. The highest BCUT2D eigenvalue weighted by Gasteiger charge is 2.51. The Labute approximate surface area is 173 Å². The van der Waals surface area contributed by atoms with Crippen molar-refractivity contribution >= 4 is 29.3 Å². The molecule has 3 rings (SSSR count). The first kappa shape index (κ1) is 21.2. The number of Topliss-reactive ketones (excluding diaryl/α,β-unsaturated/α-hetero) is 1. The Morgan fingerprint density at radius 2 is 1.67 bits per heavy atom. The number of carbonyl (C=O) groups is 4. The smallest absolute Gasteiger partial charge is 0.325 e. The summed E-state index contributed by atoms with van der Waals surface area (Å²) in [5, 5.41) is 5.34. The average Bonchev–Trinajstić information content (AvgIpc) is 2.99. The third kappa shape index (κ3) is 3.94. The Balaban J connectivity index is 1.77. The topological polar surface area (TPSA) is 95.6 Å². The molecular formula is C22H22FN3O4. The molecule has 30 heavy (non-hydrogen) atoms. The molecule has 0 aliphatic carbocycles. The zero-order chi connectivity index (χ0) is 21.9. The number of amides is 4. The van der Waals surface area contributed by atoms with E-state index in [1.54, 1.807) is 26.0 Å². The van der Waals surface area contributed by atoms with Gasteiger partial charge in [0.15, 0.2) is 5.78 Å². The number of hydrogen-bond donors (Lipinski definition) is 2. The lowest BCUT2D eigenvalue weighted by atomic mass is 9.87. The summed E-state index contributed by atoms with van der Waals surface area (Å²) in [5.74, 6) is -1.57. The summed E-state index contributed by atoms with van der Waals surface area (Å²) in [6, 6.07) is 10.9. The maximum absolute atomic E-state index is 13.3. The molecular weight excluding hydrogens is 389 g/mol. The molecule has 1 aliphatic rings. The Bertz CT molecular complexity index is 988. The van der Waals surface area contributed by atoms with Crippen molar-refractivity contribution in [3.05, 3.63) is 65.5 Å². The van der Waals surface area contributed by atoms with Gasteiger partial charge in [0, 0.05) is 17.7 Å². The highest BCUT2D eigenvalue weighted by atomic mass is 19.1. The number of anilines is 1. The van der Waals surface area contributed by atoms with Crippen LogP contribution in [0.15, 0.2) is 48.5 Å². The number of nitrogens with zero attached hydrogens (tertiary/aromatic N) is 1. The van der Waals surface area contributed by atoms with Crippen LogP contribution < -0.4 is 10.6 Å². The zero-order valence-corrected chi connectivity index (χ0v) is 16.7. The number of hydrogen-bond acceptors (Lipinski definition) is 4. The SMILES string of the molecule is CCC(=O)Nc1ccc(C(=O)CN2C(=O)NC(CC)(c3ccc(F)cc3)C2=O)cc1. The third-order valence-corrected chi connectivity index (χ3v) is 5.16. The van der Waals surface area contributed by atoms with Crippen molar-refractivity contribution < 1.29 is 23.6 Å². The van der Waals surface area contributed by atoms with E-state index in [1.807, 2.05) is 0 Å². The second-order valence-corrected chi connectivity index (χ2v) is 6.99. The lowest BCUT2D eigenvalue weighted by Crippen LogP contribution is -2.43. The molecule has 0 aromatic heterocycles. The van der Waals surface area contributed by atoms with Crippen LogP contribution in [-0.4, -0.2) is 35.1 Å². The number of carbonyl (C=O) groups excluding carboxylic acids is 4. The van der Waals surface area contributed by atoms with E-state index < -0.39 is 35.6 Å². The van der Waals surface area contributed by atoms with Gasteiger partial charge < -0.3 is 10.6 Å². The predicted octanol–water partition coefficient (Wildman–Crippen LogP) is 3.21. The summed E-state index contributed by atoms with van der Waals surface area (Å²) in [6.45, 7) is 3.04. The normalized spacial score (nSPS) is 18.3. The van der Waals surface area contributed by atoms with Gasteiger partial charge in [0.05, 0.1) is 6.54 Å². The standard InChI is InChI=1S/C22H22FN3O4/c1-3-19(28)24-17-11-5-14(6-12-17)18(27)13-26-20(29)22(4-2,25-21(26)30)15-7-9-16(23)10-8-15/h5-12H,3-4,13H2,1-2H3,(H,24,28)(H,25,30). The molecule has 1 saturated heterocycles. The molecule has 7 nitrogen and oxygen atoms in total. The number of rotatable bonds is 7. The number of halogens is 1. The first-order valence-corrected chi connectivity index (χ1v) is 9.64. The number of urea groups is 1. The fraction of sp³-hybridized carbons (Fsp3) is 0.273. The maximum Gasteiger partial charge on any atom is 0.325 e. The molecule has 2 aromatic rings. The highest BCUT2D eigenvalue weighted by molar-refractivity contribution is 6.11. The predicted molar refractivity (Wildman–Crippen MR) is 108 cm³/mol. The van der Waals surface area contributed by atoms with E-state index in [2.05, 4.69) is 10.6 Å². The van der Waals surface area contributed by atoms with Gasteiger partial charge >= 0.3 is 6.03 Å². The quantitative estimate of drug-likeness (QED) is 0.540. The van der Waals surface area contributed by atoms with Crippen LogP contribution in [-0.2, 0) is 15.1 Å². The van der Waals surface area contributed by atoms with Crippen molar-refractivity contribution in [3.63, 3.8) is 0 Å². The van der Waals surface area contributed by atoms with Gasteiger partial charge in [-0.3, -0.25) is 19.3 Å². The first-order chi connectivity index (χ1) is 14.3. The fourth-order valence-corrected chi connectivity index (χ4v) is 3.37. The van der Waals surface area contributed by atoms with Crippen LogP contribution in [0, 0.1) is 5.82 Å². The molecule has 1 atom stereocenters. The van der Waals surface area contributed by atoms with Gasteiger partial charge in [0.2, 0.25) is 5.91 Å². The average molecular weight is 411 g/mol. The van der Waals surface area contributed by atoms with E-state index in [1.165, 1.54) is 36.4 Å². The van der Waals surface area contributed by atoms with Gasteiger partial charge in [-0.25, -0.2) is 9.18 Å². The van der Waals surface area contributed by atoms with E-state index in [0.29, 0.717) is 23.2 Å². The molecule has 0 spiro atoms. The molecule has 0 bridgehead atoms. The monoisotopic (exact) mass is 411 g/mol. The molecule has 2 aromatic carbocycles. The van der Waals surface area contributed by atoms with Crippen LogP contribution in [0.2, 0.25) is 0 Å². The second-order valence-electron chi connectivity index (χ2n) is 6.99. The number of nitrogens with one attached hydrogen (secondary N) is 2. The van der Waals surface area contributed by atoms with Crippen molar-refractivity contribution in [1.29, 1.82) is 0 Å². The van der Waals surface area contributed by atoms with Crippen molar-refractivity contribution in [2.45, 2.75) is 32.2 Å². The van der Waals surface area contributed by atoms with E-state index in [9.17, 15) is 23.6 Å². The first-order valence-electron chi connectivity index (χ1n) is 9.64.